The van der Waals surface area contributed by atoms with Gasteiger partial charge in [0.05, 0.1) is 11.4 Å². The molecular formula is C21H18N4OS. The number of fused-ring (bicyclic) bond motifs is 1. The molecule has 0 bridgehead atoms. The predicted octanol–water partition coefficient (Wildman–Crippen LogP) is 3.97. The van der Waals surface area contributed by atoms with Crippen molar-refractivity contribution in [1.82, 2.24) is 14.8 Å². The van der Waals surface area contributed by atoms with Crippen molar-refractivity contribution in [2.24, 2.45) is 5.73 Å². The zero-order chi connectivity index (χ0) is 18.8. The lowest BCUT2D eigenvalue weighted by Crippen LogP contribution is -2.13. The second kappa shape index (κ2) is 7.25. The monoisotopic (exact) mass is 374 g/mol. The van der Waals surface area contributed by atoms with Crippen LogP contribution >= 0.6 is 11.8 Å². The molecule has 1 heterocycles. The number of aromatic nitrogens is 3. The average Bonchev–Trinajstić information content (AvgIpc) is 3.10. The Kier molecular flexibility index (Phi) is 4.64. The molecule has 6 heteroatoms. The van der Waals surface area contributed by atoms with Crippen LogP contribution in [-0.2, 0) is 4.79 Å². The van der Waals surface area contributed by atoms with Crippen LogP contribution in [0.3, 0.4) is 0 Å². The maximum absolute atomic E-state index is 11.3. The summed E-state index contributed by atoms with van der Waals surface area (Å²) in [6.45, 7) is 2.05. The Balaban J connectivity index is 1.94. The summed E-state index contributed by atoms with van der Waals surface area (Å²) in [5.74, 6) is 0.499. The van der Waals surface area contributed by atoms with E-state index in [9.17, 15) is 4.79 Å². The number of hydrogen-bond acceptors (Lipinski definition) is 4. The number of rotatable bonds is 5. The fraction of sp³-hybridized carbons (Fsp3) is 0.0952. The number of nitrogens with zero attached hydrogens (tertiary/aromatic N) is 3. The lowest BCUT2D eigenvalue weighted by atomic mass is 10.1. The van der Waals surface area contributed by atoms with E-state index >= 15 is 0 Å². The van der Waals surface area contributed by atoms with E-state index in [0.29, 0.717) is 5.16 Å². The SMILES string of the molecule is Cc1ccc(-c2nnc(SCC(N)=O)n2-c2cccc3ccccc23)cc1. The molecule has 5 nitrogen and oxygen atoms in total. The zero-order valence-corrected chi connectivity index (χ0v) is 15.6. The third-order valence-electron chi connectivity index (χ3n) is 4.29. The number of primary amides is 1. The number of benzene rings is 3. The normalized spacial score (nSPS) is 11.0. The van der Waals surface area contributed by atoms with Crippen molar-refractivity contribution in [2.75, 3.05) is 5.75 Å². The quantitative estimate of drug-likeness (QED) is 0.536. The molecule has 1 aromatic heterocycles. The topological polar surface area (TPSA) is 73.8 Å². The molecule has 0 aliphatic heterocycles. The van der Waals surface area contributed by atoms with Crippen LogP contribution in [0.15, 0.2) is 71.9 Å². The number of carbonyl (C=O) groups excluding carboxylic acids is 1. The van der Waals surface area contributed by atoms with Crippen LogP contribution in [0.1, 0.15) is 5.56 Å². The second-order valence-corrected chi connectivity index (χ2v) is 7.20. The highest BCUT2D eigenvalue weighted by atomic mass is 32.2. The molecule has 0 unspecified atom stereocenters. The number of aryl methyl sites for hydroxylation is 1. The maximum Gasteiger partial charge on any atom is 0.227 e. The van der Waals surface area contributed by atoms with Crippen molar-refractivity contribution < 1.29 is 4.79 Å². The van der Waals surface area contributed by atoms with Crippen LogP contribution < -0.4 is 5.73 Å². The molecule has 2 N–H and O–H groups in total. The Morgan fingerprint density at radius 2 is 1.74 bits per heavy atom. The molecule has 4 aromatic rings. The highest BCUT2D eigenvalue weighted by Crippen LogP contribution is 2.31. The summed E-state index contributed by atoms with van der Waals surface area (Å²) in [5.41, 5.74) is 8.45. The first-order chi connectivity index (χ1) is 13.1. The Bertz CT molecular complexity index is 1110. The minimum atomic E-state index is -0.385. The molecular weight excluding hydrogens is 356 g/mol. The third kappa shape index (κ3) is 3.44. The fourth-order valence-corrected chi connectivity index (χ4v) is 3.69. The van der Waals surface area contributed by atoms with Crippen LogP contribution in [0, 0.1) is 6.92 Å². The van der Waals surface area contributed by atoms with Gasteiger partial charge in [-0.2, -0.15) is 0 Å². The molecule has 134 valence electrons. The van der Waals surface area contributed by atoms with Gasteiger partial charge in [0.25, 0.3) is 0 Å². The van der Waals surface area contributed by atoms with Gasteiger partial charge in [0, 0.05) is 10.9 Å². The summed E-state index contributed by atoms with van der Waals surface area (Å²) in [6, 6.07) is 22.5. The van der Waals surface area contributed by atoms with E-state index in [-0.39, 0.29) is 11.7 Å². The van der Waals surface area contributed by atoms with Crippen LogP contribution in [0.5, 0.6) is 0 Å². The molecule has 0 aliphatic rings. The largest absolute Gasteiger partial charge is 0.369 e. The minimum absolute atomic E-state index is 0.150. The molecule has 0 saturated carbocycles. The highest BCUT2D eigenvalue weighted by molar-refractivity contribution is 7.99. The van der Waals surface area contributed by atoms with E-state index in [1.165, 1.54) is 17.3 Å². The number of carbonyl (C=O) groups is 1. The highest BCUT2D eigenvalue weighted by Gasteiger charge is 2.18. The van der Waals surface area contributed by atoms with Gasteiger partial charge in [-0.1, -0.05) is 78.0 Å². The van der Waals surface area contributed by atoms with Crippen molar-refractivity contribution in [1.29, 1.82) is 0 Å². The Morgan fingerprint density at radius 1 is 1.00 bits per heavy atom. The smallest absolute Gasteiger partial charge is 0.227 e. The van der Waals surface area contributed by atoms with Crippen molar-refractivity contribution in [3.63, 3.8) is 0 Å². The van der Waals surface area contributed by atoms with Gasteiger partial charge < -0.3 is 5.73 Å². The van der Waals surface area contributed by atoms with Gasteiger partial charge in [0.15, 0.2) is 11.0 Å². The van der Waals surface area contributed by atoms with Gasteiger partial charge in [-0.25, -0.2) is 0 Å². The molecule has 0 atom stereocenters. The summed E-state index contributed by atoms with van der Waals surface area (Å²) in [4.78, 5) is 11.3. The van der Waals surface area contributed by atoms with E-state index in [4.69, 9.17) is 5.73 Å². The molecule has 0 saturated heterocycles. The van der Waals surface area contributed by atoms with E-state index in [0.717, 1.165) is 27.8 Å². The van der Waals surface area contributed by atoms with E-state index in [1.54, 1.807) is 0 Å². The van der Waals surface area contributed by atoms with Crippen LogP contribution in [-0.4, -0.2) is 26.4 Å². The van der Waals surface area contributed by atoms with Crippen LogP contribution in [0.2, 0.25) is 0 Å². The standard InChI is InChI=1S/C21H18N4OS/c1-14-9-11-16(12-10-14)20-23-24-21(27-13-19(22)26)25(20)18-8-4-6-15-5-2-3-7-17(15)18/h2-12H,13H2,1H3,(H2,22,26). The summed E-state index contributed by atoms with van der Waals surface area (Å²) >= 11 is 1.29. The second-order valence-electron chi connectivity index (χ2n) is 6.26. The molecule has 1 amide bonds. The predicted molar refractivity (Wildman–Crippen MR) is 109 cm³/mol. The van der Waals surface area contributed by atoms with E-state index in [1.807, 2.05) is 60.0 Å². The van der Waals surface area contributed by atoms with Crippen molar-refractivity contribution in [3.8, 4) is 17.1 Å². The maximum atomic E-state index is 11.3. The number of thioether (sulfide) groups is 1. The zero-order valence-electron chi connectivity index (χ0n) is 14.8. The summed E-state index contributed by atoms with van der Waals surface area (Å²) < 4.78 is 2.00. The molecule has 0 spiro atoms. The van der Waals surface area contributed by atoms with Crippen LogP contribution in [0.4, 0.5) is 0 Å². The van der Waals surface area contributed by atoms with Crippen molar-refractivity contribution >= 4 is 28.4 Å². The van der Waals surface area contributed by atoms with Gasteiger partial charge in [0.1, 0.15) is 0 Å². The number of nitrogens with two attached hydrogens (primary N) is 1. The van der Waals surface area contributed by atoms with Gasteiger partial charge >= 0.3 is 0 Å². The fourth-order valence-electron chi connectivity index (χ4n) is 3.01. The lowest BCUT2D eigenvalue weighted by molar-refractivity contribution is -0.115. The lowest BCUT2D eigenvalue weighted by Gasteiger charge is -2.13. The van der Waals surface area contributed by atoms with Crippen molar-refractivity contribution in [3.05, 3.63) is 72.3 Å². The summed E-state index contributed by atoms with van der Waals surface area (Å²) in [6.07, 6.45) is 0. The first-order valence-corrected chi connectivity index (χ1v) is 9.54. The molecule has 0 fully saturated rings. The first-order valence-electron chi connectivity index (χ1n) is 8.55. The average molecular weight is 374 g/mol. The molecule has 27 heavy (non-hydrogen) atoms. The Labute approximate surface area is 161 Å². The Morgan fingerprint density at radius 3 is 2.52 bits per heavy atom. The number of amides is 1. The molecule has 0 aliphatic carbocycles. The molecule has 0 radical (unpaired) electrons. The van der Waals surface area contributed by atoms with Gasteiger partial charge in [0.2, 0.25) is 5.91 Å². The van der Waals surface area contributed by atoms with Gasteiger partial charge in [-0.15, -0.1) is 10.2 Å². The van der Waals surface area contributed by atoms with Gasteiger partial charge in [-0.05, 0) is 18.4 Å². The van der Waals surface area contributed by atoms with Crippen molar-refractivity contribution in [2.45, 2.75) is 12.1 Å². The third-order valence-corrected chi connectivity index (χ3v) is 5.25. The van der Waals surface area contributed by atoms with Crippen LogP contribution in [0.25, 0.3) is 27.8 Å². The number of hydrogen-bond donors (Lipinski definition) is 1. The first kappa shape index (κ1) is 17.3. The minimum Gasteiger partial charge on any atom is -0.369 e. The Hall–Kier alpha value is -3.12. The summed E-state index contributed by atoms with van der Waals surface area (Å²) in [5, 5.41) is 11.6. The van der Waals surface area contributed by atoms with E-state index in [2.05, 4.69) is 28.4 Å². The van der Waals surface area contributed by atoms with Gasteiger partial charge in [-0.3, -0.25) is 9.36 Å². The van der Waals surface area contributed by atoms with E-state index < -0.39 is 0 Å². The summed E-state index contributed by atoms with van der Waals surface area (Å²) in [7, 11) is 0. The molecule has 3 aromatic carbocycles. The molecule has 4 rings (SSSR count).